The van der Waals surface area contributed by atoms with Crippen LogP contribution in [0.1, 0.15) is 0 Å². The summed E-state index contributed by atoms with van der Waals surface area (Å²) in [5.74, 6) is -5.23. The van der Waals surface area contributed by atoms with E-state index in [0.29, 0.717) is 0 Å². The summed E-state index contributed by atoms with van der Waals surface area (Å²) in [5, 5.41) is 9.54. The van der Waals surface area contributed by atoms with Crippen LogP contribution in [0.3, 0.4) is 0 Å². The molecule has 0 rings (SSSR count). The van der Waals surface area contributed by atoms with Crippen LogP contribution in [-0.4, -0.2) is 30.5 Å². The fourth-order valence-corrected chi connectivity index (χ4v) is 0.674. The first-order valence-corrected chi connectivity index (χ1v) is 3.63. The van der Waals surface area contributed by atoms with Crippen LogP contribution >= 0.6 is 0 Å². The van der Waals surface area contributed by atoms with E-state index in [9.17, 15) is 23.1 Å². The van der Waals surface area contributed by atoms with Gasteiger partial charge < -0.3 is 9.90 Å². The van der Waals surface area contributed by atoms with Gasteiger partial charge in [-0.25, -0.2) is 0 Å². The molecule has 11 heavy (non-hydrogen) atoms. The van der Waals surface area contributed by atoms with E-state index in [1.54, 1.807) is 0 Å². The minimum Gasteiger partial charge on any atom is -0.542 e. The second-order valence-electron chi connectivity index (χ2n) is 1.44. The van der Waals surface area contributed by atoms with Crippen molar-refractivity contribution in [2.75, 3.05) is 5.75 Å². The average molecular weight is 174 g/mol. The Morgan fingerprint density at radius 1 is 1.36 bits per heavy atom. The Labute approximate surface area is 74.5 Å². The summed E-state index contributed by atoms with van der Waals surface area (Å²) >= 11 is 0. The van der Waals surface area contributed by atoms with Gasteiger partial charge in [0.15, 0.2) is 5.78 Å². The zero-order valence-corrected chi connectivity index (χ0v) is 6.42. The number of carboxylic acids is 1. The van der Waals surface area contributed by atoms with E-state index in [-0.39, 0.29) is 18.9 Å². The van der Waals surface area contributed by atoms with Crippen LogP contribution in [0.5, 0.6) is 0 Å². The number of ketones is 1. The third kappa shape index (κ3) is 7.55. The van der Waals surface area contributed by atoms with Crippen molar-refractivity contribution in [2.24, 2.45) is 0 Å². The largest absolute Gasteiger partial charge is 1.00 e. The third-order valence-electron chi connectivity index (χ3n) is 0.541. The van der Waals surface area contributed by atoms with Crippen LogP contribution in [-0.2, 0) is 19.7 Å². The normalized spacial score (nSPS) is 9.91. The molecule has 0 aromatic heterocycles. The first kappa shape index (κ1) is 13.3. The number of hydrogen-bond donors (Lipinski definition) is 1. The zero-order chi connectivity index (χ0) is 8.36. The fourth-order valence-electron chi connectivity index (χ4n) is 0.225. The monoisotopic (exact) mass is 174 g/mol. The maximum absolute atomic E-state index is 9.96. The van der Waals surface area contributed by atoms with Gasteiger partial charge >= 0.3 is 18.9 Å². The molecule has 0 spiro atoms. The summed E-state index contributed by atoms with van der Waals surface area (Å²) in [6.45, 7) is 0. The average Bonchev–Trinajstić information content (AvgIpc) is 1.60. The van der Waals surface area contributed by atoms with Crippen LogP contribution in [0.2, 0.25) is 0 Å². The summed E-state index contributed by atoms with van der Waals surface area (Å²) in [7, 11) is -4.54. The molecule has 0 heterocycles. The molecule has 0 saturated carbocycles. The standard InChI is InChI=1S/C3H4O6S.Li/c4-2(3(5)6)1-10(7,8)9;/h1H2,(H,5,6)(H,7,8,9);/q;+1/p-1. The number of rotatable bonds is 3. The molecule has 58 valence electrons. The molecule has 8 heteroatoms. The van der Waals surface area contributed by atoms with Gasteiger partial charge in [-0.2, -0.15) is 8.42 Å². The van der Waals surface area contributed by atoms with Crippen molar-refractivity contribution in [3.8, 4) is 0 Å². The molecular formula is C3H3LiO6S. The number of carbonyl (C=O) groups is 2. The van der Waals surface area contributed by atoms with Crippen molar-refractivity contribution in [3.05, 3.63) is 0 Å². The summed E-state index contributed by atoms with van der Waals surface area (Å²) in [6, 6.07) is 0. The number of aliphatic carboxylic acids is 1. The van der Waals surface area contributed by atoms with Gasteiger partial charge in [-0.15, -0.1) is 0 Å². The molecule has 0 aromatic rings. The van der Waals surface area contributed by atoms with E-state index in [1.807, 2.05) is 0 Å². The van der Waals surface area contributed by atoms with Crippen LogP contribution in [0.25, 0.3) is 0 Å². The topological polar surface area (TPSA) is 112 Å². The van der Waals surface area contributed by atoms with Crippen LogP contribution in [0.15, 0.2) is 0 Å². The van der Waals surface area contributed by atoms with E-state index in [0.717, 1.165) is 0 Å². The van der Waals surface area contributed by atoms with Crippen LogP contribution < -0.4 is 24.0 Å². The Balaban J connectivity index is 0. The Morgan fingerprint density at radius 3 is 1.82 bits per heavy atom. The Kier molecular flexibility index (Phi) is 5.43. The fraction of sp³-hybridized carbons (Fsp3) is 0.333. The molecule has 0 amide bonds. The predicted octanol–water partition coefficient (Wildman–Crippen LogP) is -5.80. The minimum atomic E-state index is -4.54. The molecule has 1 N–H and O–H groups in total. The first-order chi connectivity index (χ1) is 4.33. The van der Waals surface area contributed by atoms with Gasteiger partial charge in [0.25, 0.3) is 10.1 Å². The number of carbonyl (C=O) groups excluding carboxylic acids is 2. The molecule has 0 aromatic carbocycles. The SMILES string of the molecule is O=C([O-])C(=O)CS(=O)(=O)O.[Li+]. The quantitative estimate of drug-likeness (QED) is 0.259. The maximum Gasteiger partial charge on any atom is 1.00 e. The van der Waals surface area contributed by atoms with Gasteiger partial charge in [0, 0.05) is 0 Å². The van der Waals surface area contributed by atoms with Gasteiger partial charge in [0.05, 0.1) is 0 Å². The van der Waals surface area contributed by atoms with Crippen LogP contribution in [0, 0.1) is 0 Å². The van der Waals surface area contributed by atoms with E-state index in [2.05, 4.69) is 0 Å². The molecule has 0 aliphatic heterocycles. The molecule has 0 bridgehead atoms. The summed E-state index contributed by atoms with van der Waals surface area (Å²) < 4.78 is 27.5. The zero-order valence-electron chi connectivity index (χ0n) is 5.60. The van der Waals surface area contributed by atoms with Gasteiger partial charge in [-0.05, 0) is 0 Å². The summed E-state index contributed by atoms with van der Waals surface area (Å²) in [6.07, 6.45) is 0. The van der Waals surface area contributed by atoms with Crippen molar-refractivity contribution in [1.29, 1.82) is 0 Å². The Hall–Kier alpha value is -0.353. The molecule has 6 nitrogen and oxygen atoms in total. The summed E-state index contributed by atoms with van der Waals surface area (Å²) in [4.78, 5) is 19.5. The van der Waals surface area contributed by atoms with Crippen molar-refractivity contribution in [3.63, 3.8) is 0 Å². The smallest absolute Gasteiger partial charge is 0.542 e. The molecular weight excluding hydrogens is 171 g/mol. The van der Waals surface area contributed by atoms with Crippen molar-refractivity contribution in [2.45, 2.75) is 0 Å². The Bertz CT molecular complexity index is 253. The molecule has 0 aliphatic rings. The number of carboxylic acid groups (broad SMARTS) is 1. The number of hydrogen-bond acceptors (Lipinski definition) is 5. The van der Waals surface area contributed by atoms with Gasteiger partial charge in [0.1, 0.15) is 11.7 Å². The molecule has 0 unspecified atom stereocenters. The van der Waals surface area contributed by atoms with Crippen LogP contribution in [0.4, 0.5) is 0 Å². The third-order valence-corrected chi connectivity index (χ3v) is 1.17. The second kappa shape index (κ2) is 4.51. The summed E-state index contributed by atoms with van der Waals surface area (Å²) in [5.41, 5.74) is 0. The predicted molar refractivity (Wildman–Crippen MR) is 26.4 cm³/mol. The van der Waals surface area contributed by atoms with E-state index >= 15 is 0 Å². The van der Waals surface area contributed by atoms with Crippen molar-refractivity contribution < 1.29 is 46.5 Å². The molecule has 0 fully saturated rings. The molecule has 0 saturated heterocycles. The maximum atomic E-state index is 9.96. The van der Waals surface area contributed by atoms with Gasteiger partial charge in [0.2, 0.25) is 0 Å². The first-order valence-electron chi connectivity index (χ1n) is 2.02. The van der Waals surface area contributed by atoms with E-state index in [1.165, 1.54) is 0 Å². The number of Topliss-reactive ketones (excluding diaryl/α,β-unsaturated/α-hetero) is 1. The van der Waals surface area contributed by atoms with Gasteiger partial charge in [-0.1, -0.05) is 0 Å². The second-order valence-corrected chi connectivity index (χ2v) is 2.89. The molecule has 0 aliphatic carbocycles. The van der Waals surface area contributed by atoms with Crippen molar-refractivity contribution >= 4 is 21.9 Å². The Morgan fingerprint density at radius 2 is 1.73 bits per heavy atom. The van der Waals surface area contributed by atoms with E-state index in [4.69, 9.17) is 4.55 Å². The minimum absolute atomic E-state index is 0. The molecule has 0 atom stereocenters. The van der Waals surface area contributed by atoms with Crippen molar-refractivity contribution in [1.82, 2.24) is 0 Å². The van der Waals surface area contributed by atoms with E-state index < -0.39 is 27.6 Å². The molecule has 0 radical (unpaired) electrons. The van der Waals surface area contributed by atoms with Gasteiger partial charge in [-0.3, -0.25) is 9.35 Å².